The van der Waals surface area contributed by atoms with Crippen LogP contribution in [-0.2, 0) is 0 Å². The summed E-state index contributed by atoms with van der Waals surface area (Å²) >= 11 is 0. The fourth-order valence-corrected chi connectivity index (χ4v) is 1.42. The molecule has 0 radical (unpaired) electrons. The summed E-state index contributed by atoms with van der Waals surface area (Å²) in [6, 6.07) is 2.76. The molecular weight excluding hydrogens is 184 g/mol. The Morgan fingerprint density at radius 2 is 1.73 bits per heavy atom. The van der Waals surface area contributed by atoms with Gasteiger partial charge in [-0.25, -0.2) is 0 Å². The van der Waals surface area contributed by atoms with Crippen LogP contribution in [0.15, 0.2) is 0 Å². The molecule has 0 aliphatic carbocycles. The fraction of sp³-hybridized carbons (Fsp3) is 0.923. The summed E-state index contributed by atoms with van der Waals surface area (Å²) in [5, 5.41) is 8.81. The second kappa shape index (κ2) is 6.12. The number of hydrogen-bond donors (Lipinski definition) is 0. The third-order valence-corrected chi connectivity index (χ3v) is 2.96. The monoisotopic (exact) mass is 210 g/mol. The van der Waals surface area contributed by atoms with E-state index in [2.05, 4.69) is 52.5 Å². The lowest BCUT2D eigenvalue weighted by molar-refractivity contribution is 0.164. The van der Waals surface area contributed by atoms with Gasteiger partial charge >= 0.3 is 0 Å². The van der Waals surface area contributed by atoms with Gasteiger partial charge in [-0.2, -0.15) is 5.26 Å². The molecule has 0 bridgehead atoms. The van der Waals surface area contributed by atoms with Gasteiger partial charge in [0, 0.05) is 6.04 Å². The summed E-state index contributed by atoms with van der Waals surface area (Å²) in [6.45, 7) is 15.0. The maximum atomic E-state index is 8.81. The molecule has 2 nitrogen and oxygen atoms in total. The summed E-state index contributed by atoms with van der Waals surface area (Å²) in [7, 11) is 0. The van der Waals surface area contributed by atoms with E-state index >= 15 is 0 Å². The topological polar surface area (TPSA) is 27.0 Å². The fourth-order valence-electron chi connectivity index (χ4n) is 1.42. The highest BCUT2D eigenvalue weighted by molar-refractivity contribution is 4.82. The first-order valence-electron chi connectivity index (χ1n) is 5.89. The maximum Gasteiger partial charge on any atom is 0.0868 e. The highest BCUT2D eigenvalue weighted by Gasteiger charge is 2.19. The van der Waals surface area contributed by atoms with Crippen LogP contribution in [0.5, 0.6) is 0 Å². The molecule has 0 aromatic carbocycles. The van der Waals surface area contributed by atoms with Crippen LogP contribution in [0, 0.1) is 22.7 Å². The normalized spacial score (nSPS) is 14.3. The molecule has 0 N–H and O–H groups in total. The first-order valence-corrected chi connectivity index (χ1v) is 5.89. The van der Waals surface area contributed by atoms with Gasteiger partial charge in [0.25, 0.3) is 0 Å². The Morgan fingerprint density at radius 1 is 1.20 bits per heavy atom. The Bertz CT molecular complexity index is 208. The molecule has 2 heteroatoms. The number of nitriles is 1. The quantitative estimate of drug-likeness (QED) is 0.651. The van der Waals surface area contributed by atoms with Gasteiger partial charge in [0.05, 0.1) is 12.6 Å². The standard InChI is InChI=1S/C13H26N2/c1-11(2)12(3)15(10-8-14)9-7-13(4,5)6/h11-12H,7,9-10H2,1-6H3. The third kappa shape index (κ3) is 6.52. The van der Waals surface area contributed by atoms with Crippen molar-refractivity contribution in [2.45, 2.75) is 54.0 Å². The minimum atomic E-state index is 0.352. The SMILES string of the molecule is CC(C)C(C)N(CC#N)CCC(C)(C)C. The van der Waals surface area contributed by atoms with Gasteiger partial charge in [0.1, 0.15) is 0 Å². The lowest BCUT2D eigenvalue weighted by Crippen LogP contribution is -2.38. The Morgan fingerprint density at radius 3 is 2.07 bits per heavy atom. The molecule has 0 rings (SSSR count). The van der Waals surface area contributed by atoms with E-state index in [1.54, 1.807) is 0 Å². The van der Waals surface area contributed by atoms with Crippen molar-refractivity contribution in [2.75, 3.05) is 13.1 Å². The highest BCUT2D eigenvalue weighted by atomic mass is 15.1. The summed E-state index contributed by atoms with van der Waals surface area (Å²) in [4.78, 5) is 2.29. The molecule has 15 heavy (non-hydrogen) atoms. The first kappa shape index (κ1) is 14.5. The molecule has 0 aromatic rings. The van der Waals surface area contributed by atoms with Crippen molar-refractivity contribution in [1.29, 1.82) is 5.26 Å². The Balaban J connectivity index is 4.23. The zero-order valence-electron chi connectivity index (χ0n) is 11.2. The van der Waals surface area contributed by atoms with Crippen LogP contribution in [-0.4, -0.2) is 24.0 Å². The van der Waals surface area contributed by atoms with Crippen molar-refractivity contribution >= 4 is 0 Å². The van der Waals surface area contributed by atoms with E-state index < -0.39 is 0 Å². The summed E-state index contributed by atoms with van der Waals surface area (Å²) < 4.78 is 0. The minimum Gasteiger partial charge on any atom is -0.288 e. The maximum absolute atomic E-state index is 8.81. The average Bonchev–Trinajstić information content (AvgIpc) is 2.09. The van der Waals surface area contributed by atoms with E-state index in [9.17, 15) is 0 Å². The minimum absolute atomic E-state index is 0.352. The molecule has 1 atom stereocenters. The molecular formula is C13H26N2. The highest BCUT2D eigenvalue weighted by Crippen LogP contribution is 2.20. The van der Waals surface area contributed by atoms with Crippen LogP contribution >= 0.6 is 0 Å². The molecule has 1 unspecified atom stereocenters. The molecule has 0 fully saturated rings. The molecule has 0 amide bonds. The Kier molecular flexibility index (Phi) is 5.90. The van der Waals surface area contributed by atoms with Crippen molar-refractivity contribution in [1.82, 2.24) is 4.90 Å². The molecule has 0 aliphatic rings. The predicted molar refractivity (Wildman–Crippen MR) is 65.6 cm³/mol. The van der Waals surface area contributed by atoms with Gasteiger partial charge in [-0.05, 0) is 31.2 Å². The van der Waals surface area contributed by atoms with Crippen molar-refractivity contribution < 1.29 is 0 Å². The molecule has 0 saturated heterocycles. The summed E-state index contributed by atoms with van der Waals surface area (Å²) in [5.74, 6) is 0.610. The van der Waals surface area contributed by atoms with Gasteiger partial charge in [0.15, 0.2) is 0 Å². The van der Waals surface area contributed by atoms with Crippen molar-refractivity contribution in [3.8, 4) is 6.07 Å². The van der Waals surface area contributed by atoms with Gasteiger partial charge < -0.3 is 0 Å². The van der Waals surface area contributed by atoms with Crippen LogP contribution in [0.3, 0.4) is 0 Å². The lowest BCUT2D eigenvalue weighted by atomic mass is 9.91. The molecule has 0 heterocycles. The second-order valence-electron chi connectivity index (χ2n) is 5.92. The van der Waals surface area contributed by atoms with E-state index in [-0.39, 0.29) is 0 Å². The first-order chi connectivity index (χ1) is 6.78. The van der Waals surface area contributed by atoms with Gasteiger partial charge in [0.2, 0.25) is 0 Å². The van der Waals surface area contributed by atoms with E-state index in [1.165, 1.54) is 0 Å². The molecule has 0 aromatic heterocycles. The molecule has 0 aliphatic heterocycles. The van der Waals surface area contributed by atoms with Crippen LogP contribution in [0.1, 0.15) is 48.0 Å². The predicted octanol–water partition coefficient (Wildman–Crippen LogP) is 3.29. The van der Waals surface area contributed by atoms with Gasteiger partial charge in [-0.1, -0.05) is 34.6 Å². The summed E-state index contributed by atoms with van der Waals surface area (Å²) in [5.41, 5.74) is 0.352. The van der Waals surface area contributed by atoms with Crippen molar-refractivity contribution in [3.05, 3.63) is 0 Å². The van der Waals surface area contributed by atoms with Crippen molar-refractivity contribution in [3.63, 3.8) is 0 Å². The average molecular weight is 210 g/mol. The third-order valence-electron chi connectivity index (χ3n) is 2.96. The van der Waals surface area contributed by atoms with Gasteiger partial charge in [-0.3, -0.25) is 4.90 Å². The molecule has 88 valence electrons. The van der Waals surface area contributed by atoms with E-state index in [1.807, 2.05) is 0 Å². The Hall–Kier alpha value is -0.550. The number of nitrogens with zero attached hydrogens (tertiary/aromatic N) is 2. The van der Waals surface area contributed by atoms with Crippen molar-refractivity contribution in [2.24, 2.45) is 11.3 Å². The van der Waals surface area contributed by atoms with E-state index in [0.717, 1.165) is 13.0 Å². The van der Waals surface area contributed by atoms with E-state index in [0.29, 0.717) is 23.9 Å². The second-order valence-corrected chi connectivity index (χ2v) is 5.92. The van der Waals surface area contributed by atoms with Crippen LogP contribution in [0.4, 0.5) is 0 Å². The largest absolute Gasteiger partial charge is 0.288 e. The Labute approximate surface area is 95.3 Å². The van der Waals surface area contributed by atoms with Crippen LogP contribution < -0.4 is 0 Å². The molecule has 0 spiro atoms. The van der Waals surface area contributed by atoms with Crippen LogP contribution in [0.2, 0.25) is 0 Å². The lowest BCUT2D eigenvalue weighted by Gasteiger charge is -2.32. The molecule has 0 saturated carbocycles. The van der Waals surface area contributed by atoms with Crippen LogP contribution in [0.25, 0.3) is 0 Å². The summed E-state index contributed by atoms with van der Waals surface area (Å²) in [6.07, 6.45) is 1.14. The van der Waals surface area contributed by atoms with E-state index in [4.69, 9.17) is 5.26 Å². The number of rotatable bonds is 5. The van der Waals surface area contributed by atoms with Gasteiger partial charge in [-0.15, -0.1) is 0 Å². The number of hydrogen-bond acceptors (Lipinski definition) is 2. The smallest absolute Gasteiger partial charge is 0.0868 e. The zero-order valence-corrected chi connectivity index (χ0v) is 11.2. The zero-order chi connectivity index (χ0) is 12.1.